The zero-order chi connectivity index (χ0) is 26.3. The predicted octanol–water partition coefficient (Wildman–Crippen LogP) is 1.01. The highest BCUT2D eigenvalue weighted by atomic mass is 32.2. The third kappa shape index (κ3) is 5.15. The standard InChI is InChI=1S/C19H22F4O11S/c1-8(7-30-6-4-3-5-18(20,21)19(22,23)35(27,28)29)16(25)33-15-13-11(31-9(2)24)10-12(32-13)14(15)34-17(10)26/h10-15H,1,3-7H2,2H3,(H,27,28,29). The van der Waals surface area contributed by atoms with Crippen LogP contribution in [0.2, 0.25) is 0 Å². The van der Waals surface area contributed by atoms with Crippen molar-refractivity contribution >= 4 is 28.0 Å². The molecule has 3 heterocycles. The second kappa shape index (κ2) is 9.63. The highest BCUT2D eigenvalue weighted by Gasteiger charge is 2.71. The van der Waals surface area contributed by atoms with Gasteiger partial charge in [0, 0.05) is 20.0 Å². The molecule has 16 heteroatoms. The molecule has 3 aliphatic rings. The Hall–Kier alpha value is -2.30. The first-order valence-electron chi connectivity index (χ1n) is 10.3. The van der Waals surface area contributed by atoms with Gasteiger partial charge in [-0.15, -0.1) is 0 Å². The molecule has 3 aliphatic heterocycles. The molecule has 3 saturated heterocycles. The summed E-state index contributed by atoms with van der Waals surface area (Å²) in [6, 6.07) is 0. The molecule has 0 spiro atoms. The molecule has 0 aromatic rings. The first-order chi connectivity index (χ1) is 16.1. The summed E-state index contributed by atoms with van der Waals surface area (Å²) in [7, 11) is -6.30. The van der Waals surface area contributed by atoms with Crippen molar-refractivity contribution in [3.05, 3.63) is 12.2 Å². The van der Waals surface area contributed by atoms with Gasteiger partial charge in [0.25, 0.3) is 0 Å². The molecule has 11 nitrogen and oxygen atoms in total. The van der Waals surface area contributed by atoms with Gasteiger partial charge in [0.1, 0.15) is 24.2 Å². The molecule has 0 aromatic heterocycles. The van der Waals surface area contributed by atoms with Crippen molar-refractivity contribution in [1.82, 2.24) is 0 Å². The van der Waals surface area contributed by atoms with Crippen molar-refractivity contribution in [1.29, 1.82) is 0 Å². The molecule has 6 atom stereocenters. The largest absolute Gasteiger partial charge is 0.459 e. The number of unbranched alkanes of at least 4 members (excludes halogenated alkanes) is 1. The Morgan fingerprint density at radius 3 is 2.34 bits per heavy atom. The lowest BCUT2D eigenvalue weighted by atomic mass is 9.85. The number of hydrogen-bond donors (Lipinski definition) is 1. The van der Waals surface area contributed by atoms with E-state index in [0.29, 0.717) is 0 Å². The molecular weight excluding hydrogens is 512 g/mol. The van der Waals surface area contributed by atoms with Gasteiger partial charge in [-0.1, -0.05) is 6.58 Å². The molecule has 3 rings (SSSR count). The predicted molar refractivity (Wildman–Crippen MR) is 103 cm³/mol. The minimum atomic E-state index is -6.30. The van der Waals surface area contributed by atoms with Crippen molar-refractivity contribution in [2.45, 2.75) is 67.9 Å². The van der Waals surface area contributed by atoms with Crippen molar-refractivity contribution in [3.63, 3.8) is 0 Å². The smallest absolute Gasteiger partial charge is 0.431 e. The van der Waals surface area contributed by atoms with Gasteiger partial charge in [-0.05, 0) is 12.8 Å². The molecule has 0 amide bonds. The molecule has 0 aliphatic carbocycles. The lowest BCUT2D eigenvalue weighted by Gasteiger charge is -2.28. The fourth-order valence-corrected chi connectivity index (χ4v) is 4.56. The van der Waals surface area contributed by atoms with E-state index < -0.39 is 95.1 Å². The number of alkyl halides is 4. The van der Waals surface area contributed by atoms with Gasteiger partial charge < -0.3 is 23.7 Å². The first-order valence-corrected chi connectivity index (χ1v) is 11.7. The van der Waals surface area contributed by atoms with Gasteiger partial charge in [-0.3, -0.25) is 14.1 Å². The Morgan fingerprint density at radius 2 is 1.74 bits per heavy atom. The lowest BCUT2D eigenvalue weighted by molar-refractivity contribution is -0.165. The van der Waals surface area contributed by atoms with Crippen LogP contribution in [0.3, 0.4) is 0 Å². The van der Waals surface area contributed by atoms with Crippen molar-refractivity contribution in [2.24, 2.45) is 5.92 Å². The summed E-state index contributed by atoms with van der Waals surface area (Å²) < 4.78 is 109. The average molecular weight is 534 g/mol. The van der Waals surface area contributed by atoms with Crippen LogP contribution < -0.4 is 0 Å². The molecule has 0 radical (unpaired) electrons. The normalized spacial score (nSPS) is 29.7. The minimum absolute atomic E-state index is 0.205. The number of esters is 3. The topological polar surface area (TPSA) is 152 Å². The molecule has 1 N–H and O–H groups in total. The Bertz CT molecular complexity index is 999. The third-order valence-corrected chi connectivity index (χ3v) is 6.68. The van der Waals surface area contributed by atoms with E-state index in [1.807, 2.05) is 0 Å². The molecular formula is C19H22F4O11S. The zero-order valence-corrected chi connectivity index (χ0v) is 19.0. The fourth-order valence-electron chi connectivity index (χ4n) is 4.08. The molecule has 0 aromatic carbocycles. The van der Waals surface area contributed by atoms with Gasteiger partial charge >= 0.3 is 39.2 Å². The SMILES string of the molecule is C=C(COCCCCC(F)(F)C(F)(F)S(=O)(=O)O)C(=O)OC1C2OC3C1OC(=O)C3C2OC(C)=O. The summed E-state index contributed by atoms with van der Waals surface area (Å²) in [5.74, 6) is -8.07. The second-order valence-electron chi connectivity index (χ2n) is 8.25. The second-order valence-corrected chi connectivity index (χ2v) is 9.71. The number of halogens is 4. The third-order valence-electron chi connectivity index (χ3n) is 5.73. The maximum absolute atomic E-state index is 13.4. The van der Waals surface area contributed by atoms with Crippen molar-refractivity contribution in [3.8, 4) is 0 Å². The van der Waals surface area contributed by atoms with Gasteiger partial charge in [0.2, 0.25) is 0 Å². The van der Waals surface area contributed by atoms with Crippen molar-refractivity contribution in [2.75, 3.05) is 13.2 Å². The highest BCUT2D eigenvalue weighted by Crippen LogP contribution is 2.49. The zero-order valence-electron chi connectivity index (χ0n) is 18.2. The average Bonchev–Trinajstić information content (AvgIpc) is 3.33. The monoisotopic (exact) mass is 534 g/mol. The van der Waals surface area contributed by atoms with Crippen LogP contribution >= 0.6 is 0 Å². The van der Waals surface area contributed by atoms with E-state index in [1.165, 1.54) is 0 Å². The number of hydrogen-bond acceptors (Lipinski definition) is 10. The maximum Gasteiger partial charge on any atom is 0.431 e. The molecule has 0 saturated carbocycles. The summed E-state index contributed by atoms with van der Waals surface area (Å²) in [5.41, 5.74) is -0.207. The Morgan fingerprint density at radius 1 is 1.09 bits per heavy atom. The number of fused-ring (bicyclic) bond motifs is 1. The van der Waals surface area contributed by atoms with Crippen LogP contribution in [-0.2, 0) is 48.2 Å². The fraction of sp³-hybridized carbons (Fsp3) is 0.737. The summed E-state index contributed by atoms with van der Waals surface area (Å²) in [4.78, 5) is 35.7. The van der Waals surface area contributed by atoms with E-state index in [0.717, 1.165) is 6.92 Å². The van der Waals surface area contributed by atoms with Crippen LogP contribution in [0.5, 0.6) is 0 Å². The highest BCUT2D eigenvalue weighted by molar-refractivity contribution is 7.87. The molecule has 6 unspecified atom stereocenters. The van der Waals surface area contributed by atoms with Crippen molar-refractivity contribution < 1.29 is 68.6 Å². The van der Waals surface area contributed by atoms with Gasteiger partial charge in [0.15, 0.2) is 12.2 Å². The quantitative estimate of drug-likeness (QED) is 0.0954. The molecule has 198 valence electrons. The van der Waals surface area contributed by atoms with E-state index in [-0.39, 0.29) is 18.6 Å². The number of rotatable bonds is 12. The molecule has 3 fully saturated rings. The van der Waals surface area contributed by atoms with Crippen LogP contribution in [-0.4, -0.2) is 85.8 Å². The summed E-state index contributed by atoms with van der Waals surface area (Å²) in [6.45, 7) is 3.93. The maximum atomic E-state index is 13.4. The lowest BCUT2D eigenvalue weighted by Crippen LogP contribution is -2.49. The summed E-state index contributed by atoms with van der Waals surface area (Å²) in [5, 5.41) is -5.63. The van der Waals surface area contributed by atoms with E-state index in [4.69, 9.17) is 28.2 Å². The van der Waals surface area contributed by atoms with Crippen LogP contribution in [0.4, 0.5) is 17.6 Å². The number of carbonyl (C=O) groups is 3. The van der Waals surface area contributed by atoms with E-state index >= 15 is 0 Å². The van der Waals surface area contributed by atoms with Gasteiger partial charge in [-0.25, -0.2) is 4.79 Å². The molecule has 2 bridgehead atoms. The Labute approximate surface area is 196 Å². The van der Waals surface area contributed by atoms with Crippen LogP contribution in [0.25, 0.3) is 0 Å². The Kier molecular flexibility index (Phi) is 7.51. The van der Waals surface area contributed by atoms with E-state index in [2.05, 4.69) is 6.58 Å². The first kappa shape index (κ1) is 27.3. The minimum Gasteiger partial charge on any atom is -0.459 e. The van der Waals surface area contributed by atoms with Crippen LogP contribution in [0, 0.1) is 5.92 Å². The van der Waals surface area contributed by atoms with Crippen LogP contribution in [0.15, 0.2) is 12.2 Å². The van der Waals surface area contributed by atoms with E-state index in [9.17, 15) is 40.4 Å². The van der Waals surface area contributed by atoms with Crippen LogP contribution in [0.1, 0.15) is 26.2 Å². The van der Waals surface area contributed by atoms with Gasteiger partial charge in [0.05, 0.1) is 12.2 Å². The van der Waals surface area contributed by atoms with Gasteiger partial charge in [-0.2, -0.15) is 26.0 Å². The van der Waals surface area contributed by atoms with E-state index in [1.54, 1.807) is 0 Å². The number of carbonyl (C=O) groups excluding carboxylic acids is 3. The summed E-state index contributed by atoms with van der Waals surface area (Å²) in [6.07, 6.45) is -6.94. The number of ether oxygens (including phenoxy) is 5. The summed E-state index contributed by atoms with van der Waals surface area (Å²) >= 11 is 0. The molecule has 35 heavy (non-hydrogen) atoms. The Balaban J connectivity index is 1.42.